The zero-order valence-electron chi connectivity index (χ0n) is 10.2. The summed E-state index contributed by atoms with van der Waals surface area (Å²) in [5.74, 6) is -1.08. The number of halogens is 3. The normalized spacial score (nSPS) is 21.2. The highest BCUT2D eigenvalue weighted by Gasteiger charge is 2.31. The van der Waals surface area contributed by atoms with Crippen molar-refractivity contribution >= 4 is 15.9 Å². The van der Waals surface area contributed by atoms with Gasteiger partial charge in [-0.1, -0.05) is 6.92 Å². The van der Waals surface area contributed by atoms with Crippen LogP contribution < -0.4 is 5.32 Å². The minimum Gasteiger partial charge on any atom is -0.376 e. The number of rotatable bonds is 4. The number of nitrogens with one attached hydrogen (secondary N) is 1. The van der Waals surface area contributed by atoms with Crippen LogP contribution in [0, 0.1) is 11.6 Å². The van der Waals surface area contributed by atoms with Gasteiger partial charge in [0.05, 0.1) is 16.6 Å². The quantitative estimate of drug-likeness (QED) is 0.857. The SMILES string of the molecule is CCNC(c1c(F)ccc(Br)c1F)C1CCCO1. The van der Waals surface area contributed by atoms with E-state index in [2.05, 4.69) is 21.2 Å². The molecule has 1 saturated heterocycles. The molecule has 0 bridgehead atoms. The fourth-order valence-electron chi connectivity index (χ4n) is 2.33. The molecule has 2 nitrogen and oxygen atoms in total. The van der Waals surface area contributed by atoms with E-state index in [1.165, 1.54) is 12.1 Å². The Hall–Kier alpha value is -0.520. The van der Waals surface area contributed by atoms with Crippen molar-refractivity contribution in [1.29, 1.82) is 0 Å². The molecule has 2 unspecified atom stereocenters. The zero-order chi connectivity index (χ0) is 13.1. The predicted octanol–water partition coefficient (Wildman–Crippen LogP) is 3.56. The first-order valence-electron chi connectivity index (χ1n) is 6.13. The van der Waals surface area contributed by atoms with E-state index in [0.717, 1.165) is 12.8 Å². The van der Waals surface area contributed by atoms with Crippen LogP contribution in [-0.2, 0) is 4.74 Å². The second-order valence-electron chi connectivity index (χ2n) is 4.34. The molecule has 2 atom stereocenters. The van der Waals surface area contributed by atoms with Crippen molar-refractivity contribution in [2.24, 2.45) is 0 Å². The number of benzene rings is 1. The monoisotopic (exact) mass is 319 g/mol. The lowest BCUT2D eigenvalue weighted by molar-refractivity contribution is 0.0763. The Morgan fingerprint density at radius 3 is 2.89 bits per heavy atom. The van der Waals surface area contributed by atoms with Crippen molar-refractivity contribution in [2.45, 2.75) is 31.9 Å². The van der Waals surface area contributed by atoms with Gasteiger partial charge in [-0.3, -0.25) is 0 Å². The van der Waals surface area contributed by atoms with Crippen LogP contribution in [0.3, 0.4) is 0 Å². The summed E-state index contributed by atoms with van der Waals surface area (Å²) in [6.45, 7) is 3.20. The van der Waals surface area contributed by atoms with E-state index in [1.54, 1.807) is 0 Å². The lowest BCUT2D eigenvalue weighted by Gasteiger charge is -2.25. The van der Waals surface area contributed by atoms with Crippen molar-refractivity contribution in [2.75, 3.05) is 13.2 Å². The van der Waals surface area contributed by atoms with Crippen LogP contribution in [0.5, 0.6) is 0 Å². The van der Waals surface area contributed by atoms with Crippen molar-refractivity contribution in [1.82, 2.24) is 5.32 Å². The van der Waals surface area contributed by atoms with E-state index < -0.39 is 17.7 Å². The highest BCUT2D eigenvalue weighted by atomic mass is 79.9. The number of hydrogen-bond donors (Lipinski definition) is 1. The Balaban J connectivity index is 2.38. The van der Waals surface area contributed by atoms with Gasteiger partial charge < -0.3 is 10.1 Å². The van der Waals surface area contributed by atoms with Gasteiger partial charge in [0.25, 0.3) is 0 Å². The first kappa shape index (κ1) is 13.9. The second kappa shape index (κ2) is 6.08. The van der Waals surface area contributed by atoms with E-state index in [1.807, 2.05) is 6.92 Å². The topological polar surface area (TPSA) is 21.3 Å². The lowest BCUT2D eigenvalue weighted by Crippen LogP contribution is -2.33. The van der Waals surface area contributed by atoms with Gasteiger partial charge in [-0.2, -0.15) is 0 Å². The first-order valence-corrected chi connectivity index (χ1v) is 6.92. The van der Waals surface area contributed by atoms with Gasteiger partial charge >= 0.3 is 0 Å². The highest BCUT2D eigenvalue weighted by molar-refractivity contribution is 9.10. The molecule has 2 rings (SSSR count). The van der Waals surface area contributed by atoms with Crippen LogP contribution in [0.4, 0.5) is 8.78 Å². The molecular weight excluding hydrogens is 304 g/mol. The summed E-state index contributed by atoms with van der Waals surface area (Å²) < 4.78 is 33.8. The summed E-state index contributed by atoms with van der Waals surface area (Å²) in [6.07, 6.45) is 1.59. The molecule has 0 aromatic heterocycles. The van der Waals surface area contributed by atoms with Crippen LogP contribution in [-0.4, -0.2) is 19.3 Å². The van der Waals surface area contributed by atoms with Crippen molar-refractivity contribution in [3.05, 3.63) is 33.8 Å². The van der Waals surface area contributed by atoms with Gasteiger partial charge in [-0.25, -0.2) is 8.78 Å². The average molecular weight is 320 g/mol. The Bertz CT molecular complexity index is 422. The van der Waals surface area contributed by atoms with E-state index in [9.17, 15) is 8.78 Å². The van der Waals surface area contributed by atoms with Crippen molar-refractivity contribution < 1.29 is 13.5 Å². The van der Waals surface area contributed by atoms with Crippen LogP contribution in [0.15, 0.2) is 16.6 Å². The van der Waals surface area contributed by atoms with Gasteiger partial charge in [0.1, 0.15) is 11.6 Å². The van der Waals surface area contributed by atoms with Crippen LogP contribution in [0.25, 0.3) is 0 Å². The van der Waals surface area contributed by atoms with E-state index >= 15 is 0 Å². The molecule has 0 amide bonds. The molecule has 100 valence electrons. The summed E-state index contributed by atoms with van der Waals surface area (Å²) in [5.41, 5.74) is 0.0677. The van der Waals surface area contributed by atoms with Crippen LogP contribution >= 0.6 is 15.9 Å². The maximum atomic E-state index is 14.1. The second-order valence-corrected chi connectivity index (χ2v) is 5.20. The Kier molecular flexibility index (Phi) is 4.70. The van der Waals surface area contributed by atoms with Crippen molar-refractivity contribution in [3.63, 3.8) is 0 Å². The molecule has 1 aromatic carbocycles. The third kappa shape index (κ3) is 2.73. The molecule has 5 heteroatoms. The van der Waals surface area contributed by atoms with Crippen LogP contribution in [0.2, 0.25) is 0 Å². The third-order valence-corrected chi connectivity index (χ3v) is 3.76. The Morgan fingerprint density at radius 2 is 2.28 bits per heavy atom. The Morgan fingerprint density at radius 1 is 1.50 bits per heavy atom. The molecule has 1 aliphatic rings. The first-order chi connectivity index (χ1) is 8.65. The molecule has 0 radical (unpaired) electrons. The van der Waals surface area contributed by atoms with Crippen molar-refractivity contribution in [3.8, 4) is 0 Å². The zero-order valence-corrected chi connectivity index (χ0v) is 11.8. The molecule has 1 aromatic rings. The highest BCUT2D eigenvalue weighted by Crippen LogP contribution is 2.32. The maximum absolute atomic E-state index is 14.1. The lowest BCUT2D eigenvalue weighted by atomic mass is 9.98. The van der Waals surface area contributed by atoms with Crippen LogP contribution in [0.1, 0.15) is 31.4 Å². The largest absolute Gasteiger partial charge is 0.376 e. The fourth-order valence-corrected chi connectivity index (χ4v) is 2.68. The molecular formula is C13H16BrF2NO. The molecule has 0 aliphatic carbocycles. The number of hydrogen-bond acceptors (Lipinski definition) is 2. The fraction of sp³-hybridized carbons (Fsp3) is 0.538. The summed E-state index contributed by atoms with van der Waals surface area (Å²) in [7, 11) is 0. The van der Waals surface area contributed by atoms with Gasteiger partial charge in [0, 0.05) is 12.2 Å². The number of likely N-dealkylation sites (N-methyl/N-ethyl adjacent to an activating group) is 1. The summed E-state index contributed by atoms with van der Waals surface area (Å²) in [4.78, 5) is 0. The summed E-state index contributed by atoms with van der Waals surface area (Å²) in [6, 6.07) is 2.23. The average Bonchev–Trinajstić information content (AvgIpc) is 2.87. The minimum absolute atomic E-state index is 0.0677. The Labute approximate surface area is 114 Å². The minimum atomic E-state index is -0.545. The number of ether oxygens (including phenoxy) is 1. The molecule has 18 heavy (non-hydrogen) atoms. The van der Waals surface area contributed by atoms with E-state index in [-0.39, 0.29) is 16.1 Å². The molecule has 0 saturated carbocycles. The molecule has 1 aliphatic heterocycles. The van der Waals surface area contributed by atoms with Gasteiger partial charge in [0.15, 0.2) is 0 Å². The summed E-state index contributed by atoms with van der Waals surface area (Å²) >= 11 is 3.10. The van der Waals surface area contributed by atoms with E-state index in [0.29, 0.717) is 13.2 Å². The van der Waals surface area contributed by atoms with Gasteiger partial charge in [-0.05, 0) is 47.4 Å². The maximum Gasteiger partial charge on any atom is 0.145 e. The summed E-state index contributed by atoms with van der Waals surface area (Å²) in [5, 5.41) is 3.12. The molecule has 1 N–H and O–H groups in total. The standard InChI is InChI=1S/C13H16BrF2NO/c1-2-17-13(10-4-3-7-18-10)11-9(15)6-5-8(14)12(11)16/h5-6,10,13,17H,2-4,7H2,1H3. The van der Waals surface area contributed by atoms with E-state index in [4.69, 9.17) is 4.74 Å². The third-order valence-electron chi connectivity index (χ3n) is 3.15. The predicted molar refractivity (Wildman–Crippen MR) is 69.4 cm³/mol. The molecule has 0 spiro atoms. The van der Waals surface area contributed by atoms with Gasteiger partial charge in [-0.15, -0.1) is 0 Å². The smallest absolute Gasteiger partial charge is 0.145 e. The molecule has 1 fully saturated rings. The molecule has 1 heterocycles. The van der Waals surface area contributed by atoms with Gasteiger partial charge in [0.2, 0.25) is 0 Å².